The number of nitrogens with one attached hydrogen (secondary N) is 1. The average Bonchev–Trinajstić information content (AvgIpc) is 3.51. The van der Waals surface area contributed by atoms with Gasteiger partial charge in [-0.25, -0.2) is 13.1 Å². The monoisotopic (exact) mass is 470 g/mol. The second-order valence-corrected chi connectivity index (χ2v) is 10.5. The summed E-state index contributed by atoms with van der Waals surface area (Å²) in [7, 11) is -1.99. The lowest BCUT2D eigenvalue weighted by Gasteiger charge is -2.25. The number of rotatable bonds is 8. The van der Waals surface area contributed by atoms with Gasteiger partial charge >= 0.3 is 0 Å². The Bertz CT molecular complexity index is 1140. The van der Waals surface area contributed by atoms with Crippen molar-refractivity contribution in [3.63, 3.8) is 0 Å². The van der Waals surface area contributed by atoms with Gasteiger partial charge in [-0.15, -0.1) is 11.3 Å². The number of amides is 1. The topological polar surface area (TPSA) is 75.7 Å². The van der Waals surface area contributed by atoms with Gasteiger partial charge in [0.15, 0.2) is 0 Å². The van der Waals surface area contributed by atoms with Crippen LogP contribution < -0.4 is 9.46 Å². The van der Waals surface area contributed by atoms with Crippen LogP contribution >= 0.6 is 11.3 Å². The second kappa shape index (κ2) is 9.85. The highest BCUT2D eigenvalue weighted by atomic mass is 32.2. The normalized spacial score (nSPS) is 16.3. The lowest BCUT2D eigenvalue weighted by atomic mass is 10.0. The van der Waals surface area contributed by atoms with Crippen molar-refractivity contribution in [1.82, 2.24) is 9.62 Å². The van der Waals surface area contributed by atoms with Crippen molar-refractivity contribution in [3.8, 4) is 5.75 Å². The van der Waals surface area contributed by atoms with Crippen molar-refractivity contribution in [3.05, 3.63) is 82.0 Å². The molecule has 32 heavy (non-hydrogen) atoms. The van der Waals surface area contributed by atoms with Gasteiger partial charge in [0.05, 0.1) is 18.0 Å². The Morgan fingerprint density at radius 3 is 2.53 bits per heavy atom. The third kappa shape index (κ3) is 5.03. The molecule has 1 aliphatic rings. The van der Waals surface area contributed by atoms with Gasteiger partial charge < -0.3 is 9.64 Å². The molecule has 1 unspecified atom stereocenters. The molecule has 1 aromatic heterocycles. The molecule has 0 radical (unpaired) electrons. The summed E-state index contributed by atoms with van der Waals surface area (Å²) >= 11 is 1.60. The minimum atomic E-state index is -3.62. The number of thiophene rings is 1. The Morgan fingerprint density at radius 2 is 1.88 bits per heavy atom. The van der Waals surface area contributed by atoms with Crippen LogP contribution in [0.4, 0.5) is 0 Å². The Morgan fingerprint density at radius 1 is 1.12 bits per heavy atom. The lowest BCUT2D eigenvalue weighted by molar-refractivity contribution is 0.0735. The molecule has 1 saturated heterocycles. The summed E-state index contributed by atoms with van der Waals surface area (Å²) in [4.78, 5) is 16.3. The third-order valence-corrected chi connectivity index (χ3v) is 8.08. The van der Waals surface area contributed by atoms with E-state index in [2.05, 4.69) is 4.72 Å². The summed E-state index contributed by atoms with van der Waals surface area (Å²) in [5.41, 5.74) is 1.56. The molecule has 0 spiro atoms. The molecular formula is C24H26N2O4S2. The number of ether oxygens (including phenoxy) is 1. The zero-order valence-electron chi connectivity index (χ0n) is 17.9. The molecule has 3 aromatic rings. The molecule has 0 saturated carbocycles. The maximum atomic E-state index is 13.2. The summed E-state index contributed by atoms with van der Waals surface area (Å²) in [6, 6.07) is 17.9. The molecule has 4 rings (SSSR count). The Labute approximate surface area is 192 Å². The van der Waals surface area contributed by atoms with Crippen LogP contribution in [0.1, 0.15) is 39.7 Å². The summed E-state index contributed by atoms with van der Waals surface area (Å²) in [5.74, 6) is 0.698. The van der Waals surface area contributed by atoms with Gasteiger partial charge in [0, 0.05) is 23.5 Å². The van der Waals surface area contributed by atoms with E-state index in [4.69, 9.17) is 4.74 Å². The highest BCUT2D eigenvalue weighted by molar-refractivity contribution is 7.89. The zero-order chi connectivity index (χ0) is 22.6. The number of carbonyl (C=O) groups excluding carboxylic acids is 1. The first-order chi connectivity index (χ1) is 15.5. The number of sulfonamides is 1. The quantitative estimate of drug-likeness (QED) is 0.534. The summed E-state index contributed by atoms with van der Waals surface area (Å²) in [6.07, 6.45) is 2.48. The van der Waals surface area contributed by atoms with Crippen LogP contribution in [-0.2, 0) is 16.4 Å². The molecule has 8 heteroatoms. The van der Waals surface area contributed by atoms with E-state index in [0.717, 1.165) is 29.0 Å². The van der Waals surface area contributed by atoms with Crippen LogP contribution in [0.25, 0.3) is 0 Å². The zero-order valence-corrected chi connectivity index (χ0v) is 19.5. The maximum absolute atomic E-state index is 13.2. The van der Waals surface area contributed by atoms with E-state index in [1.807, 2.05) is 46.7 Å². The van der Waals surface area contributed by atoms with Crippen LogP contribution in [0.2, 0.25) is 0 Å². The minimum Gasteiger partial charge on any atom is -0.497 e. The Kier molecular flexibility index (Phi) is 6.93. The molecule has 1 fully saturated rings. The van der Waals surface area contributed by atoms with Crippen molar-refractivity contribution in [2.24, 2.45) is 0 Å². The number of nitrogens with zero attached hydrogens (tertiary/aromatic N) is 1. The first kappa shape index (κ1) is 22.5. The Balaban J connectivity index is 1.42. The Hall–Kier alpha value is -2.68. The van der Waals surface area contributed by atoms with Gasteiger partial charge in [-0.3, -0.25) is 4.79 Å². The molecule has 2 aromatic carbocycles. The predicted octanol–water partition coefficient (Wildman–Crippen LogP) is 4.26. The molecule has 0 aliphatic carbocycles. The number of benzene rings is 2. The summed E-state index contributed by atoms with van der Waals surface area (Å²) in [5, 5.41) is 1.97. The number of methoxy groups -OCH3 is 1. The van der Waals surface area contributed by atoms with Gasteiger partial charge in [0.1, 0.15) is 5.75 Å². The van der Waals surface area contributed by atoms with Gasteiger partial charge in [0.2, 0.25) is 10.0 Å². The first-order valence-electron chi connectivity index (χ1n) is 10.5. The second-order valence-electron chi connectivity index (χ2n) is 7.68. The molecule has 1 amide bonds. The van der Waals surface area contributed by atoms with Gasteiger partial charge in [-0.2, -0.15) is 0 Å². The number of hydrogen-bond acceptors (Lipinski definition) is 5. The van der Waals surface area contributed by atoms with Crippen LogP contribution in [0.5, 0.6) is 5.75 Å². The molecular weight excluding hydrogens is 444 g/mol. The van der Waals surface area contributed by atoms with Crippen molar-refractivity contribution >= 4 is 27.3 Å². The molecule has 1 atom stereocenters. The van der Waals surface area contributed by atoms with E-state index >= 15 is 0 Å². The standard InChI is InChI=1S/C24H26N2O4S2/c1-30-20-10-6-18(7-11-20)23-5-2-16-26(23)24(27)19-8-12-22(13-9-19)32(28,29)25-15-14-21-4-3-17-31-21/h3-4,6-13,17,23,25H,2,5,14-16H2,1H3. The summed E-state index contributed by atoms with van der Waals surface area (Å²) < 4.78 is 33.0. The summed E-state index contributed by atoms with van der Waals surface area (Å²) in [6.45, 7) is 1.01. The van der Waals surface area contributed by atoms with E-state index in [0.29, 0.717) is 25.1 Å². The van der Waals surface area contributed by atoms with Crippen LogP contribution in [-0.4, -0.2) is 39.4 Å². The SMILES string of the molecule is COc1ccc(C2CCCN2C(=O)c2ccc(S(=O)(=O)NCCc3cccs3)cc2)cc1. The van der Waals surface area contributed by atoms with Crippen molar-refractivity contribution < 1.29 is 17.9 Å². The minimum absolute atomic E-state index is 0.00994. The molecule has 1 aliphatic heterocycles. The number of likely N-dealkylation sites (tertiary alicyclic amines) is 1. The average molecular weight is 471 g/mol. The highest BCUT2D eigenvalue weighted by Crippen LogP contribution is 2.34. The van der Waals surface area contributed by atoms with E-state index in [9.17, 15) is 13.2 Å². The third-order valence-electron chi connectivity index (χ3n) is 5.67. The smallest absolute Gasteiger partial charge is 0.254 e. The predicted molar refractivity (Wildman–Crippen MR) is 126 cm³/mol. The molecule has 168 valence electrons. The van der Waals surface area contributed by atoms with Crippen molar-refractivity contribution in [2.45, 2.75) is 30.2 Å². The number of carbonyl (C=O) groups is 1. The first-order valence-corrected chi connectivity index (χ1v) is 12.9. The fraction of sp³-hybridized carbons (Fsp3) is 0.292. The molecule has 6 nitrogen and oxygen atoms in total. The largest absolute Gasteiger partial charge is 0.497 e. The van der Waals surface area contributed by atoms with Crippen LogP contribution in [0, 0.1) is 0 Å². The fourth-order valence-electron chi connectivity index (χ4n) is 3.97. The van der Waals surface area contributed by atoms with Gasteiger partial charge in [-0.1, -0.05) is 18.2 Å². The van der Waals surface area contributed by atoms with Crippen LogP contribution in [0.3, 0.4) is 0 Å². The highest BCUT2D eigenvalue weighted by Gasteiger charge is 2.30. The van der Waals surface area contributed by atoms with E-state index in [1.54, 1.807) is 30.6 Å². The maximum Gasteiger partial charge on any atom is 0.254 e. The fourth-order valence-corrected chi connectivity index (χ4v) is 5.71. The number of hydrogen-bond donors (Lipinski definition) is 1. The van der Waals surface area contributed by atoms with E-state index in [1.165, 1.54) is 12.1 Å². The van der Waals surface area contributed by atoms with Crippen molar-refractivity contribution in [1.29, 1.82) is 0 Å². The van der Waals surface area contributed by atoms with Gasteiger partial charge in [0.25, 0.3) is 5.91 Å². The molecule has 2 heterocycles. The molecule has 1 N–H and O–H groups in total. The van der Waals surface area contributed by atoms with E-state index < -0.39 is 10.0 Å². The van der Waals surface area contributed by atoms with Crippen molar-refractivity contribution in [2.75, 3.05) is 20.2 Å². The van der Waals surface area contributed by atoms with Crippen LogP contribution in [0.15, 0.2) is 70.9 Å². The molecule has 0 bridgehead atoms. The van der Waals surface area contributed by atoms with Gasteiger partial charge in [-0.05, 0) is 72.7 Å². The van der Waals surface area contributed by atoms with E-state index in [-0.39, 0.29) is 16.8 Å². The lowest BCUT2D eigenvalue weighted by Crippen LogP contribution is -2.30.